The van der Waals surface area contributed by atoms with E-state index in [2.05, 4.69) is 15.5 Å². The fourth-order valence-electron chi connectivity index (χ4n) is 3.11. The molecule has 7 heteroatoms. The molecule has 2 amide bonds. The Morgan fingerprint density at radius 1 is 1.19 bits per heavy atom. The highest BCUT2D eigenvalue weighted by Gasteiger charge is 2.24. The van der Waals surface area contributed by atoms with Gasteiger partial charge >= 0.3 is 0 Å². The average molecular weight is 390 g/mol. The first-order valence-electron chi connectivity index (χ1n) is 8.79. The molecule has 0 aromatic heterocycles. The van der Waals surface area contributed by atoms with E-state index in [9.17, 15) is 14.0 Å². The molecule has 1 heterocycles. The third-order valence-electron chi connectivity index (χ3n) is 4.45. The summed E-state index contributed by atoms with van der Waals surface area (Å²) in [7, 11) is 0. The highest BCUT2D eigenvalue weighted by atomic mass is 35.5. The number of hydrogen-bond donors (Lipinski definition) is 2. The molecule has 1 atom stereocenters. The van der Waals surface area contributed by atoms with Gasteiger partial charge in [-0.1, -0.05) is 29.8 Å². The van der Waals surface area contributed by atoms with E-state index in [1.165, 1.54) is 23.8 Å². The minimum Gasteiger partial charge on any atom is -0.350 e. The normalized spacial score (nSPS) is 16.9. The molecule has 27 heavy (non-hydrogen) atoms. The molecule has 0 spiro atoms. The second-order valence-corrected chi connectivity index (χ2v) is 7.04. The molecular weight excluding hydrogens is 369 g/mol. The Balaban J connectivity index is 1.41. The maximum absolute atomic E-state index is 13.1. The van der Waals surface area contributed by atoms with Gasteiger partial charge in [-0.25, -0.2) is 4.39 Å². The van der Waals surface area contributed by atoms with Gasteiger partial charge in [-0.15, -0.1) is 0 Å². The van der Waals surface area contributed by atoms with Crippen LogP contribution in [0.4, 0.5) is 4.39 Å². The zero-order valence-electron chi connectivity index (χ0n) is 14.8. The molecule has 2 N–H and O–H groups in total. The number of benzene rings is 2. The topological polar surface area (TPSA) is 61.4 Å². The number of carbonyl (C=O) groups is 2. The minimum absolute atomic E-state index is 0.0517. The fraction of sp³-hybridized carbons (Fsp3) is 0.300. The Labute approximate surface area is 162 Å². The highest BCUT2D eigenvalue weighted by molar-refractivity contribution is 6.30. The van der Waals surface area contributed by atoms with Crippen LogP contribution < -0.4 is 10.6 Å². The van der Waals surface area contributed by atoms with Crippen molar-refractivity contribution in [2.24, 2.45) is 0 Å². The molecule has 5 nitrogen and oxygen atoms in total. The predicted molar refractivity (Wildman–Crippen MR) is 102 cm³/mol. The third kappa shape index (κ3) is 5.77. The largest absolute Gasteiger partial charge is 0.350 e. The summed E-state index contributed by atoms with van der Waals surface area (Å²) < 4.78 is 13.1. The monoisotopic (exact) mass is 389 g/mol. The van der Waals surface area contributed by atoms with Gasteiger partial charge in [0.2, 0.25) is 5.91 Å². The first-order valence-corrected chi connectivity index (χ1v) is 9.17. The number of rotatable bonds is 6. The summed E-state index contributed by atoms with van der Waals surface area (Å²) in [6.45, 7) is 2.32. The van der Waals surface area contributed by atoms with Crippen LogP contribution in [0.25, 0.3) is 0 Å². The second-order valence-electron chi connectivity index (χ2n) is 6.61. The molecule has 0 bridgehead atoms. The van der Waals surface area contributed by atoms with E-state index in [0.717, 1.165) is 32.1 Å². The van der Waals surface area contributed by atoms with Crippen molar-refractivity contribution >= 4 is 23.4 Å². The summed E-state index contributed by atoms with van der Waals surface area (Å²) >= 11 is 5.90. The number of nitrogens with zero attached hydrogens (tertiary/aromatic N) is 1. The van der Waals surface area contributed by atoms with Gasteiger partial charge in [-0.2, -0.15) is 0 Å². The van der Waals surface area contributed by atoms with Crippen LogP contribution in [0.1, 0.15) is 22.3 Å². The molecule has 2 aromatic carbocycles. The van der Waals surface area contributed by atoms with Crippen LogP contribution in [0.5, 0.6) is 0 Å². The molecule has 0 radical (unpaired) electrons. The van der Waals surface area contributed by atoms with E-state index >= 15 is 0 Å². The molecule has 1 aliphatic rings. The molecule has 0 unspecified atom stereocenters. The lowest BCUT2D eigenvalue weighted by molar-refractivity contribution is -0.120. The van der Waals surface area contributed by atoms with Crippen LogP contribution >= 0.6 is 11.6 Å². The van der Waals surface area contributed by atoms with Crippen LogP contribution in [-0.2, 0) is 11.3 Å². The summed E-state index contributed by atoms with van der Waals surface area (Å²) in [4.78, 5) is 26.3. The van der Waals surface area contributed by atoms with Crippen molar-refractivity contribution in [2.75, 3.05) is 19.6 Å². The minimum atomic E-state index is -0.487. The van der Waals surface area contributed by atoms with E-state index in [4.69, 9.17) is 11.6 Å². The van der Waals surface area contributed by atoms with Crippen LogP contribution in [-0.4, -0.2) is 42.4 Å². The second kappa shape index (κ2) is 8.97. The van der Waals surface area contributed by atoms with Gasteiger partial charge in [0.15, 0.2) is 0 Å². The lowest BCUT2D eigenvalue weighted by Gasteiger charge is -2.17. The number of nitrogens with one attached hydrogen (secondary N) is 2. The number of amides is 2. The highest BCUT2D eigenvalue weighted by Crippen LogP contribution is 2.15. The predicted octanol–water partition coefficient (Wildman–Crippen LogP) is 2.60. The Morgan fingerprint density at radius 3 is 2.70 bits per heavy atom. The molecule has 0 saturated carbocycles. The maximum atomic E-state index is 13.1. The smallest absolute Gasteiger partial charge is 0.251 e. The lowest BCUT2D eigenvalue weighted by Crippen LogP contribution is -2.43. The van der Waals surface area contributed by atoms with E-state index < -0.39 is 11.7 Å². The Morgan fingerprint density at radius 2 is 1.96 bits per heavy atom. The van der Waals surface area contributed by atoms with Crippen LogP contribution in [0, 0.1) is 5.82 Å². The van der Waals surface area contributed by atoms with Crippen molar-refractivity contribution in [3.63, 3.8) is 0 Å². The Bertz CT molecular complexity index is 813. The van der Waals surface area contributed by atoms with Crippen LogP contribution in [0.15, 0.2) is 48.5 Å². The fourth-order valence-corrected chi connectivity index (χ4v) is 3.24. The van der Waals surface area contributed by atoms with Gasteiger partial charge in [-0.3, -0.25) is 14.5 Å². The number of likely N-dealkylation sites (tertiary alicyclic amines) is 1. The van der Waals surface area contributed by atoms with Crippen molar-refractivity contribution < 1.29 is 14.0 Å². The van der Waals surface area contributed by atoms with Gasteiger partial charge in [0, 0.05) is 36.3 Å². The summed E-state index contributed by atoms with van der Waals surface area (Å²) in [5.74, 6) is -1.21. The van der Waals surface area contributed by atoms with Crippen molar-refractivity contribution in [3.8, 4) is 0 Å². The van der Waals surface area contributed by atoms with E-state index in [1.54, 1.807) is 0 Å². The molecule has 2 aromatic rings. The van der Waals surface area contributed by atoms with E-state index in [0.29, 0.717) is 5.02 Å². The van der Waals surface area contributed by atoms with Gasteiger partial charge in [0.1, 0.15) is 5.82 Å². The first-order chi connectivity index (χ1) is 13.0. The molecule has 142 valence electrons. The maximum Gasteiger partial charge on any atom is 0.251 e. The van der Waals surface area contributed by atoms with Gasteiger partial charge in [0.25, 0.3) is 5.91 Å². The van der Waals surface area contributed by atoms with Crippen LogP contribution in [0.3, 0.4) is 0 Å². The molecule has 3 rings (SSSR count). The molecule has 1 fully saturated rings. The van der Waals surface area contributed by atoms with Gasteiger partial charge < -0.3 is 10.6 Å². The third-order valence-corrected chi connectivity index (χ3v) is 4.71. The average Bonchev–Trinajstić information content (AvgIpc) is 3.08. The summed E-state index contributed by atoms with van der Waals surface area (Å²) in [5, 5.41) is 6.16. The standard InChI is InChI=1S/C20H21ClFN3O2/c21-16-6-4-14(5-7-16)12-25-9-8-18(13-25)24-19(26)11-23-20(27)15-2-1-3-17(22)10-15/h1-7,10,18H,8-9,11-13H2,(H,23,27)(H,24,26)/t18-/m1/s1. The van der Waals surface area contributed by atoms with Gasteiger partial charge in [-0.05, 0) is 42.3 Å². The first kappa shape index (κ1) is 19.3. The summed E-state index contributed by atoms with van der Waals surface area (Å²) in [5.41, 5.74) is 1.37. The SMILES string of the molecule is O=C(CNC(=O)c1cccc(F)c1)N[C@@H]1CCN(Cc2ccc(Cl)cc2)C1. The Kier molecular flexibility index (Phi) is 6.42. The molecule has 1 aliphatic heterocycles. The lowest BCUT2D eigenvalue weighted by atomic mass is 10.2. The number of carbonyl (C=O) groups excluding carboxylic acids is 2. The van der Waals surface area contributed by atoms with Crippen molar-refractivity contribution in [2.45, 2.75) is 19.0 Å². The van der Waals surface area contributed by atoms with E-state index in [1.807, 2.05) is 24.3 Å². The summed E-state index contributed by atoms with van der Waals surface area (Å²) in [6, 6.07) is 13.1. The molecular formula is C20H21ClFN3O2. The molecule has 1 saturated heterocycles. The zero-order valence-corrected chi connectivity index (χ0v) is 15.5. The van der Waals surface area contributed by atoms with Crippen molar-refractivity contribution in [3.05, 3.63) is 70.5 Å². The number of hydrogen-bond acceptors (Lipinski definition) is 3. The quantitative estimate of drug-likeness (QED) is 0.798. The van der Waals surface area contributed by atoms with Crippen LogP contribution in [0.2, 0.25) is 5.02 Å². The summed E-state index contributed by atoms with van der Waals surface area (Å²) in [6.07, 6.45) is 0.858. The zero-order chi connectivity index (χ0) is 19.2. The van der Waals surface area contributed by atoms with Gasteiger partial charge in [0.05, 0.1) is 6.54 Å². The van der Waals surface area contributed by atoms with E-state index in [-0.39, 0.29) is 24.1 Å². The van der Waals surface area contributed by atoms with Crippen molar-refractivity contribution in [1.82, 2.24) is 15.5 Å². The Hall–Kier alpha value is -2.44. The molecule has 0 aliphatic carbocycles. The van der Waals surface area contributed by atoms with Crippen molar-refractivity contribution in [1.29, 1.82) is 0 Å². The number of halogens is 2.